The SMILES string of the molecule is COc1c(O)ccc2c1-c1ccc3c(c1/C(=C\c1ccccc1/C=N\O)O2)C(C)=CC(C)(C)N3. The maximum Gasteiger partial charge on any atom is 0.172 e. The molecule has 0 saturated heterocycles. The number of hydrogen-bond acceptors (Lipinski definition) is 6. The number of rotatable bonds is 3. The quantitative estimate of drug-likeness (QED) is 0.243. The number of anilines is 1. The van der Waals surface area contributed by atoms with Crippen LogP contribution in [-0.4, -0.2) is 29.2 Å². The number of oxime groups is 1. The summed E-state index contributed by atoms with van der Waals surface area (Å²) in [6, 6.07) is 15.0. The molecule has 5 rings (SSSR count). The summed E-state index contributed by atoms with van der Waals surface area (Å²) in [7, 11) is 1.54. The minimum atomic E-state index is -0.192. The van der Waals surface area contributed by atoms with Crippen molar-refractivity contribution in [3.63, 3.8) is 0 Å². The third kappa shape index (κ3) is 3.48. The standard InChI is InChI=1S/C28H26N2O4/c1-16-14-28(2,3)30-20-10-9-19-25(24(16)20)23(13-17-7-5-6-8-18(17)15-29-32)34-22-12-11-21(31)27(33-4)26(19)22/h5-15,30-32H,1-4H3/b23-13+,29-15-. The van der Waals surface area contributed by atoms with E-state index in [1.807, 2.05) is 36.4 Å². The molecule has 6 nitrogen and oxygen atoms in total. The van der Waals surface area contributed by atoms with Crippen molar-refractivity contribution in [2.24, 2.45) is 5.16 Å². The fourth-order valence-corrected chi connectivity index (χ4v) is 4.91. The Morgan fingerprint density at radius 3 is 2.50 bits per heavy atom. The van der Waals surface area contributed by atoms with E-state index >= 15 is 0 Å². The average molecular weight is 455 g/mol. The number of phenols is 1. The van der Waals surface area contributed by atoms with Gasteiger partial charge in [-0.25, -0.2) is 0 Å². The summed E-state index contributed by atoms with van der Waals surface area (Å²) in [6.45, 7) is 6.36. The summed E-state index contributed by atoms with van der Waals surface area (Å²) in [5.41, 5.74) is 7.09. The van der Waals surface area contributed by atoms with Crippen LogP contribution in [0, 0.1) is 0 Å². The van der Waals surface area contributed by atoms with Crippen molar-refractivity contribution in [1.82, 2.24) is 0 Å². The molecule has 0 aliphatic carbocycles. The largest absolute Gasteiger partial charge is 0.504 e. The Morgan fingerprint density at radius 2 is 1.76 bits per heavy atom. The summed E-state index contributed by atoms with van der Waals surface area (Å²) in [6.07, 6.45) is 5.56. The first-order chi connectivity index (χ1) is 16.3. The number of methoxy groups -OCH3 is 1. The Morgan fingerprint density at radius 1 is 1.00 bits per heavy atom. The highest BCUT2D eigenvalue weighted by atomic mass is 16.5. The van der Waals surface area contributed by atoms with E-state index in [2.05, 4.69) is 43.4 Å². The Labute approximate surface area is 198 Å². The number of aromatic hydroxyl groups is 1. The van der Waals surface area contributed by atoms with Crippen LogP contribution in [0.1, 0.15) is 43.0 Å². The van der Waals surface area contributed by atoms with Crippen LogP contribution < -0.4 is 14.8 Å². The highest BCUT2D eigenvalue weighted by molar-refractivity contribution is 6.03. The second-order valence-corrected chi connectivity index (χ2v) is 9.06. The van der Waals surface area contributed by atoms with Gasteiger partial charge in [-0.05, 0) is 56.2 Å². The first-order valence-corrected chi connectivity index (χ1v) is 11.0. The minimum Gasteiger partial charge on any atom is -0.504 e. The highest BCUT2D eigenvalue weighted by Crippen LogP contribution is 2.54. The first kappa shape index (κ1) is 21.6. The van der Waals surface area contributed by atoms with Crippen molar-refractivity contribution in [3.8, 4) is 28.4 Å². The van der Waals surface area contributed by atoms with E-state index < -0.39 is 0 Å². The predicted octanol–water partition coefficient (Wildman–Crippen LogP) is 6.37. The van der Waals surface area contributed by atoms with Gasteiger partial charge < -0.3 is 25.1 Å². The number of benzene rings is 3. The van der Waals surface area contributed by atoms with Crippen LogP contribution in [0.25, 0.3) is 28.5 Å². The second kappa shape index (κ2) is 7.99. The fraction of sp³-hybridized carbons (Fsp3) is 0.179. The van der Waals surface area contributed by atoms with Gasteiger partial charge in [0.05, 0.1) is 24.4 Å². The van der Waals surface area contributed by atoms with Crippen molar-refractivity contribution >= 4 is 29.3 Å². The van der Waals surface area contributed by atoms with E-state index in [1.165, 1.54) is 6.21 Å². The van der Waals surface area contributed by atoms with Crippen molar-refractivity contribution in [2.75, 3.05) is 12.4 Å². The third-order valence-electron chi connectivity index (χ3n) is 6.15. The maximum absolute atomic E-state index is 10.5. The van der Waals surface area contributed by atoms with Crippen LogP contribution in [0.5, 0.6) is 17.2 Å². The van der Waals surface area contributed by atoms with Gasteiger partial charge in [0.2, 0.25) is 0 Å². The molecule has 2 heterocycles. The molecule has 3 aromatic carbocycles. The zero-order valence-electron chi connectivity index (χ0n) is 19.5. The average Bonchev–Trinajstić information content (AvgIpc) is 2.79. The summed E-state index contributed by atoms with van der Waals surface area (Å²) in [5, 5.41) is 26.4. The van der Waals surface area contributed by atoms with Gasteiger partial charge in [0, 0.05) is 27.9 Å². The Bertz CT molecular complexity index is 1400. The lowest BCUT2D eigenvalue weighted by Crippen LogP contribution is -2.32. The first-order valence-electron chi connectivity index (χ1n) is 11.0. The molecular weight excluding hydrogens is 428 g/mol. The molecule has 172 valence electrons. The van der Waals surface area contributed by atoms with Crippen LogP contribution in [0.3, 0.4) is 0 Å². The third-order valence-corrected chi connectivity index (χ3v) is 6.15. The van der Waals surface area contributed by atoms with E-state index in [-0.39, 0.29) is 11.3 Å². The van der Waals surface area contributed by atoms with Crippen molar-refractivity contribution in [1.29, 1.82) is 0 Å². The molecule has 0 bridgehead atoms. The van der Waals surface area contributed by atoms with Gasteiger partial charge in [-0.15, -0.1) is 0 Å². The number of ether oxygens (including phenoxy) is 2. The molecule has 3 aromatic rings. The van der Waals surface area contributed by atoms with Gasteiger partial charge in [-0.3, -0.25) is 0 Å². The van der Waals surface area contributed by atoms with E-state index in [4.69, 9.17) is 14.7 Å². The lowest BCUT2D eigenvalue weighted by Gasteiger charge is -2.35. The Hall–Kier alpha value is -4.19. The summed E-state index contributed by atoms with van der Waals surface area (Å²) < 4.78 is 12.1. The minimum absolute atomic E-state index is 0.0528. The molecule has 2 aliphatic rings. The summed E-state index contributed by atoms with van der Waals surface area (Å²) in [5.74, 6) is 1.67. The number of allylic oxidation sites excluding steroid dienone is 1. The maximum atomic E-state index is 10.5. The fourth-order valence-electron chi connectivity index (χ4n) is 4.91. The van der Waals surface area contributed by atoms with Gasteiger partial charge in [0.15, 0.2) is 11.5 Å². The Balaban J connectivity index is 1.84. The number of phenolic OH excluding ortho intramolecular Hbond substituents is 1. The Kier molecular flexibility index (Phi) is 5.09. The zero-order valence-corrected chi connectivity index (χ0v) is 19.5. The van der Waals surface area contributed by atoms with E-state index in [0.717, 1.165) is 39.1 Å². The van der Waals surface area contributed by atoms with E-state index in [0.29, 0.717) is 22.8 Å². The summed E-state index contributed by atoms with van der Waals surface area (Å²) >= 11 is 0. The highest BCUT2D eigenvalue weighted by Gasteiger charge is 2.33. The molecule has 0 amide bonds. The summed E-state index contributed by atoms with van der Waals surface area (Å²) in [4.78, 5) is 0. The van der Waals surface area contributed by atoms with Gasteiger partial charge in [0.1, 0.15) is 11.5 Å². The number of hydrogen-bond donors (Lipinski definition) is 3. The number of fused-ring (bicyclic) bond motifs is 5. The van der Waals surface area contributed by atoms with Gasteiger partial charge >= 0.3 is 0 Å². The molecule has 6 heteroatoms. The molecule has 0 fully saturated rings. The molecular formula is C28H26N2O4. The molecule has 0 radical (unpaired) electrons. The van der Waals surface area contributed by atoms with Crippen molar-refractivity contribution < 1.29 is 19.8 Å². The van der Waals surface area contributed by atoms with Crippen LogP contribution in [-0.2, 0) is 0 Å². The van der Waals surface area contributed by atoms with E-state index in [1.54, 1.807) is 19.2 Å². The predicted molar refractivity (Wildman–Crippen MR) is 136 cm³/mol. The topological polar surface area (TPSA) is 83.3 Å². The monoisotopic (exact) mass is 454 g/mol. The van der Waals surface area contributed by atoms with Gasteiger partial charge in [-0.2, -0.15) is 0 Å². The molecule has 0 saturated carbocycles. The van der Waals surface area contributed by atoms with Crippen LogP contribution in [0.2, 0.25) is 0 Å². The smallest absolute Gasteiger partial charge is 0.172 e. The molecule has 2 aliphatic heterocycles. The normalized spacial score (nSPS) is 16.7. The van der Waals surface area contributed by atoms with E-state index in [9.17, 15) is 5.11 Å². The zero-order chi connectivity index (χ0) is 24.0. The van der Waals surface area contributed by atoms with Crippen LogP contribution in [0.15, 0.2) is 59.8 Å². The van der Waals surface area contributed by atoms with Gasteiger partial charge in [0.25, 0.3) is 0 Å². The second-order valence-electron chi connectivity index (χ2n) is 9.06. The lowest BCUT2D eigenvalue weighted by atomic mass is 9.82. The van der Waals surface area contributed by atoms with Crippen LogP contribution >= 0.6 is 0 Å². The molecule has 0 aromatic heterocycles. The molecule has 0 atom stereocenters. The lowest BCUT2D eigenvalue weighted by molar-refractivity contribution is 0.322. The van der Waals surface area contributed by atoms with Crippen molar-refractivity contribution in [2.45, 2.75) is 26.3 Å². The molecule has 0 unspecified atom stereocenters. The van der Waals surface area contributed by atoms with Crippen LogP contribution in [0.4, 0.5) is 5.69 Å². The van der Waals surface area contributed by atoms with Gasteiger partial charge in [-0.1, -0.05) is 41.6 Å². The molecule has 3 N–H and O–H groups in total. The number of nitrogens with one attached hydrogen (secondary N) is 1. The molecule has 34 heavy (non-hydrogen) atoms. The number of nitrogens with zero attached hydrogens (tertiary/aromatic N) is 1. The molecule has 0 spiro atoms. The van der Waals surface area contributed by atoms with Crippen molar-refractivity contribution in [3.05, 3.63) is 76.9 Å².